The molecule has 7 heteroatoms. The lowest BCUT2D eigenvalue weighted by molar-refractivity contribution is 0.0785. The Kier molecular flexibility index (Phi) is 5.58. The first-order chi connectivity index (χ1) is 12.5. The third-order valence-corrected chi connectivity index (χ3v) is 4.56. The molecule has 1 aromatic heterocycles. The number of aromatic nitrogens is 2. The summed E-state index contributed by atoms with van der Waals surface area (Å²) in [6.45, 7) is 2.65. The maximum atomic E-state index is 13.0. The highest BCUT2D eigenvalue weighted by Crippen LogP contribution is 2.17. The van der Waals surface area contributed by atoms with Crippen molar-refractivity contribution in [2.75, 3.05) is 7.05 Å². The fraction of sp³-hybridized carbons (Fsp3) is 0.211. The first-order valence-corrected chi connectivity index (χ1v) is 8.77. The molecule has 0 aliphatic heterocycles. The highest BCUT2D eigenvalue weighted by atomic mass is 32.1. The van der Waals surface area contributed by atoms with Crippen molar-refractivity contribution in [1.82, 2.24) is 13.6 Å². The van der Waals surface area contributed by atoms with Crippen molar-refractivity contribution in [2.45, 2.75) is 20.1 Å². The van der Waals surface area contributed by atoms with Crippen LogP contribution in [0.2, 0.25) is 0 Å². The van der Waals surface area contributed by atoms with Gasteiger partial charge in [-0.1, -0.05) is 12.1 Å². The Morgan fingerprint density at radius 2 is 1.81 bits per heavy atom. The highest BCUT2D eigenvalue weighted by Gasteiger charge is 2.12. The second-order valence-corrected chi connectivity index (χ2v) is 6.43. The van der Waals surface area contributed by atoms with Crippen LogP contribution in [0, 0.1) is 12.7 Å². The van der Waals surface area contributed by atoms with E-state index in [-0.39, 0.29) is 11.7 Å². The Morgan fingerprint density at radius 3 is 2.42 bits per heavy atom. The largest absolute Gasteiger partial charge is 0.487 e. The van der Waals surface area contributed by atoms with Crippen molar-refractivity contribution >= 4 is 17.6 Å². The number of carbonyl (C=O) groups is 1. The summed E-state index contributed by atoms with van der Waals surface area (Å²) >= 11 is 1.16. The van der Waals surface area contributed by atoms with Gasteiger partial charge >= 0.3 is 0 Å². The van der Waals surface area contributed by atoms with E-state index in [0.29, 0.717) is 24.5 Å². The van der Waals surface area contributed by atoms with Gasteiger partial charge in [0.25, 0.3) is 5.91 Å². The number of benzene rings is 2. The Balaban J connectivity index is 1.59. The lowest BCUT2D eigenvalue weighted by atomic mass is 10.1. The topological polar surface area (TPSA) is 55.3 Å². The van der Waals surface area contributed by atoms with Crippen LogP contribution < -0.4 is 4.74 Å². The lowest BCUT2D eigenvalue weighted by Crippen LogP contribution is -2.26. The van der Waals surface area contributed by atoms with Gasteiger partial charge in [-0.3, -0.25) is 4.79 Å². The minimum absolute atomic E-state index is 0.111. The molecule has 3 rings (SSSR count). The van der Waals surface area contributed by atoms with E-state index in [2.05, 4.69) is 8.75 Å². The molecule has 0 N–H and O–H groups in total. The van der Waals surface area contributed by atoms with E-state index >= 15 is 0 Å². The third kappa shape index (κ3) is 4.43. The molecule has 0 atom stereocenters. The zero-order chi connectivity index (χ0) is 18.5. The number of carbonyl (C=O) groups excluding carboxylic acids is 1. The van der Waals surface area contributed by atoms with E-state index < -0.39 is 0 Å². The van der Waals surface area contributed by atoms with E-state index in [1.807, 2.05) is 6.92 Å². The molecule has 26 heavy (non-hydrogen) atoms. The fourth-order valence-electron chi connectivity index (χ4n) is 2.38. The number of ether oxygens (including phenoxy) is 1. The molecule has 0 fully saturated rings. The van der Waals surface area contributed by atoms with Gasteiger partial charge in [0.2, 0.25) is 0 Å². The molecule has 0 spiro atoms. The molecule has 0 bridgehead atoms. The average molecular weight is 371 g/mol. The van der Waals surface area contributed by atoms with Crippen molar-refractivity contribution in [2.24, 2.45) is 0 Å². The number of hydrogen-bond acceptors (Lipinski definition) is 5. The van der Waals surface area contributed by atoms with Crippen LogP contribution in [0.1, 0.15) is 27.3 Å². The molecule has 0 saturated carbocycles. The summed E-state index contributed by atoms with van der Waals surface area (Å²) in [6, 6.07) is 13.1. The van der Waals surface area contributed by atoms with Crippen molar-refractivity contribution < 1.29 is 13.9 Å². The number of rotatable bonds is 6. The quantitative estimate of drug-likeness (QED) is 0.661. The highest BCUT2D eigenvalue weighted by molar-refractivity contribution is 6.99. The lowest BCUT2D eigenvalue weighted by Gasteiger charge is -2.17. The molecular formula is C19H18FN3O2S. The average Bonchev–Trinajstić information content (AvgIpc) is 3.06. The zero-order valence-electron chi connectivity index (χ0n) is 14.5. The number of nitrogens with zero attached hydrogens (tertiary/aromatic N) is 3. The van der Waals surface area contributed by atoms with Crippen molar-refractivity contribution in [1.29, 1.82) is 0 Å². The maximum Gasteiger partial charge on any atom is 0.253 e. The smallest absolute Gasteiger partial charge is 0.253 e. The van der Waals surface area contributed by atoms with Gasteiger partial charge in [0.15, 0.2) is 0 Å². The van der Waals surface area contributed by atoms with Crippen LogP contribution in [0.25, 0.3) is 0 Å². The first kappa shape index (κ1) is 18.0. The van der Waals surface area contributed by atoms with Crippen molar-refractivity contribution in [3.8, 4) is 5.75 Å². The minimum atomic E-state index is -0.290. The molecule has 0 saturated heterocycles. The molecule has 0 aliphatic rings. The van der Waals surface area contributed by atoms with E-state index in [0.717, 1.165) is 28.7 Å². The monoisotopic (exact) mass is 371 g/mol. The van der Waals surface area contributed by atoms with Gasteiger partial charge in [0.05, 0.1) is 17.4 Å². The maximum absolute atomic E-state index is 13.0. The predicted octanol–water partition coefficient (Wildman–Crippen LogP) is 3.84. The summed E-state index contributed by atoms with van der Waals surface area (Å²) in [4.78, 5) is 14.1. The number of hydrogen-bond donors (Lipinski definition) is 0. The van der Waals surface area contributed by atoms with Gasteiger partial charge in [-0.05, 0) is 48.9 Å². The van der Waals surface area contributed by atoms with Crippen LogP contribution in [0.4, 0.5) is 4.39 Å². The summed E-state index contributed by atoms with van der Waals surface area (Å²) in [7, 11) is 1.72. The van der Waals surface area contributed by atoms with Gasteiger partial charge in [-0.15, -0.1) is 0 Å². The first-order valence-electron chi connectivity index (χ1n) is 8.04. The van der Waals surface area contributed by atoms with Gasteiger partial charge in [-0.2, -0.15) is 8.75 Å². The van der Waals surface area contributed by atoms with Crippen molar-refractivity contribution in [3.63, 3.8) is 0 Å². The Hall–Kier alpha value is -2.80. The standard InChI is InChI=1S/C19H18FN3O2S/c1-13-18(22-26-21-13)12-25-17-9-5-15(6-10-17)19(24)23(2)11-14-3-7-16(20)8-4-14/h3-10H,11-12H2,1-2H3. The molecular weight excluding hydrogens is 353 g/mol. The summed E-state index contributed by atoms with van der Waals surface area (Å²) in [5.41, 5.74) is 3.11. The molecule has 2 aromatic carbocycles. The van der Waals surface area contributed by atoms with Crippen LogP contribution >= 0.6 is 11.7 Å². The van der Waals surface area contributed by atoms with Crippen LogP contribution in [0.3, 0.4) is 0 Å². The molecule has 3 aromatic rings. The summed E-state index contributed by atoms with van der Waals surface area (Å²) in [5, 5.41) is 0. The molecule has 0 aliphatic carbocycles. The van der Waals surface area contributed by atoms with Crippen molar-refractivity contribution in [3.05, 3.63) is 76.9 Å². The summed E-state index contributed by atoms with van der Waals surface area (Å²) in [5.74, 6) is 0.262. The molecule has 1 amide bonds. The van der Waals surface area contributed by atoms with Crippen LogP contribution in [-0.4, -0.2) is 26.6 Å². The normalized spacial score (nSPS) is 10.6. The number of aryl methyl sites for hydroxylation is 1. The van der Waals surface area contributed by atoms with Crippen LogP contribution in [-0.2, 0) is 13.2 Å². The number of halogens is 1. The predicted molar refractivity (Wildman–Crippen MR) is 97.6 cm³/mol. The van der Waals surface area contributed by atoms with Gasteiger partial charge < -0.3 is 9.64 Å². The van der Waals surface area contributed by atoms with E-state index in [4.69, 9.17) is 4.74 Å². The Morgan fingerprint density at radius 1 is 1.12 bits per heavy atom. The van der Waals surface area contributed by atoms with Gasteiger partial charge in [0, 0.05) is 19.2 Å². The molecule has 1 heterocycles. The van der Waals surface area contributed by atoms with Crippen LogP contribution in [0.15, 0.2) is 48.5 Å². The zero-order valence-corrected chi connectivity index (χ0v) is 15.3. The third-order valence-electron chi connectivity index (χ3n) is 3.90. The molecule has 0 radical (unpaired) electrons. The molecule has 5 nitrogen and oxygen atoms in total. The van der Waals surface area contributed by atoms with Gasteiger partial charge in [0.1, 0.15) is 23.9 Å². The van der Waals surface area contributed by atoms with E-state index in [1.165, 1.54) is 12.1 Å². The van der Waals surface area contributed by atoms with E-state index in [1.54, 1.807) is 48.3 Å². The molecule has 134 valence electrons. The van der Waals surface area contributed by atoms with Gasteiger partial charge in [-0.25, -0.2) is 4.39 Å². The fourth-order valence-corrected chi connectivity index (χ4v) is 2.93. The second kappa shape index (κ2) is 8.05. The SMILES string of the molecule is Cc1nsnc1COc1ccc(C(=O)N(C)Cc2ccc(F)cc2)cc1. The Bertz CT molecular complexity index is 879. The summed E-state index contributed by atoms with van der Waals surface area (Å²) < 4.78 is 26.9. The summed E-state index contributed by atoms with van der Waals surface area (Å²) in [6.07, 6.45) is 0. The second-order valence-electron chi connectivity index (χ2n) is 5.90. The number of amides is 1. The molecule has 0 unspecified atom stereocenters. The Labute approximate surface area is 155 Å². The minimum Gasteiger partial charge on any atom is -0.487 e. The van der Waals surface area contributed by atoms with E-state index in [9.17, 15) is 9.18 Å². The van der Waals surface area contributed by atoms with Crippen LogP contribution in [0.5, 0.6) is 5.75 Å².